The van der Waals surface area contributed by atoms with Gasteiger partial charge in [-0.05, 0) is 74.4 Å². The molecule has 1 aromatic rings. The van der Waals surface area contributed by atoms with Crippen molar-refractivity contribution in [2.45, 2.75) is 63.3 Å². The van der Waals surface area contributed by atoms with Gasteiger partial charge in [0.15, 0.2) is 0 Å². The van der Waals surface area contributed by atoms with Gasteiger partial charge in [-0.15, -0.1) is 0 Å². The van der Waals surface area contributed by atoms with E-state index in [1.54, 1.807) is 0 Å². The summed E-state index contributed by atoms with van der Waals surface area (Å²) in [6.07, 6.45) is 9.25. The molecule has 0 amide bonds. The van der Waals surface area contributed by atoms with Crippen molar-refractivity contribution in [2.75, 3.05) is 13.1 Å². The first-order chi connectivity index (χ1) is 10.2. The number of aromatic hydroxyl groups is 1. The molecule has 4 rings (SSSR count). The van der Waals surface area contributed by atoms with E-state index in [-0.39, 0.29) is 0 Å². The van der Waals surface area contributed by atoms with Crippen LogP contribution in [0.5, 0.6) is 5.75 Å². The number of hydrogen-bond acceptors (Lipinski definition) is 2. The molecule has 2 fully saturated rings. The Morgan fingerprint density at radius 1 is 1.29 bits per heavy atom. The lowest BCUT2D eigenvalue weighted by Gasteiger charge is -2.59. The number of fused-ring (bicyclic) bond motifs is 1. The summed E-state index contributed by atoms with van der Waals surface area (Å²) in [6.45, 7) is 4.81. The maximum Gasteiger partial charge on any atom is 0.115 e. The van der Waals surface area contributed by atoms with Crippen LogP contribution in [0, 0.1) is 5.92 Å². The minimum absolute atomic E-state index is 0.374. The molecule has 0 unspecified atom stereocenters. The molecule has 2 heteroatoms. The maximum absolute atomic E-state index is 10.00. The highest BCUT2D eigenvalue weighted by atomic mass is 16.3. The Morgan fingerprint density at radius 3 is 3.05 bits per heavy atom. The predicted molar refractivity (Wildman–Crippen MR) is 85.7 cm³/mol. The summed E-state index contributed by atoms with van der Waals surface area (Å²) in [6, 6.07) is 6.92. The zero-order valence-electron chi connectivity index (χ0n) is 13.1. The number of rotatable bonds is 2. The second-order valence-electron chi connectivity index (χ2n) is 7.41. The van der Waals surface area contributed by atoms with Crippen LogP contribution in [0.1, 0.15) is 56.6 Å². The minimum atomic E-state index is 0.374. The zero-order valence-corrected chi connectivity index (χ0v) is 13.1. The zero-order chi connectivity index (χ0) is 14.4. The Kier molecular flexibility index (Phi) is 3.25. The molecular weight excluding hydrogens is 258 g/mol. The van der Waals surface area contributed by atoms with Gasteiger partial charge >= 0.3 is 0 Å². The summed E-state index contributed by atoms with van der Waals surface area (Å²) in [4.78, 5) is 2.77. The van der Waals surface area contributed by atoms with E-state index in [1.165, 1.54) is 69.2 Å². The normalized spacial score (nSPS) is 35.1. The summed E-state index contributed by atoms with van der Waals surface area (Å²) >= 11 is 0. The van der Waals surface area contributed by atoms with E-state index in [9.17, 15) is 5.11 Å². The molecule has 1 aliphatic heterocycles. The molecular formula is C19H27NO. The highest BCUT2D eigenvalue weighted by molar-refractivity contribution is 5.45. The summed E-state index contributed by atoms with van der Waals surface area (Å²) in [5.41, 5.74) is 3.38. The first-order valence-electron chi connectivity index (χ1n) is 8.81. The predicted octanol–water partition coefficient (Wildman–Crippen LogP) is 3.86. The van der Waals surface area contributed by atoms with Crippen molar-refractivity contribution in [3.05, 3.63) is 29.3 Å². The molecule has 3 atom stereocenters. The number of nitrogens with zero attached hydrogens (tertiary/aromatic N) is 1. The molecule has 2 bridgehead atoms. The van der Waals surface area contributed by atoms with Gasteiger partial charge in [-0.2, -0.15) is 0 Å². The van der Waals surface area contributed by atoms with Gasteiger partial charge in [-0.3, -0.25) is 4.90 Å². The minimum Gasteiger partial charge on any atom is -0.508 e. The van der Waals surface area contributed by atoms with E-state index in [0.29, 0.717) is 11.2 Å². The largest absolute Gasteiger partial charge is 0.508 e. The molecule has 1 heterocycles. The number of phenols is 1. The molecule has 1 N–H and O–H groups in total. The SMILES string of the molecule is CCCN1CC[C@@]23CCCC[C@H]2[C@@H]1Cc1ccc(O)cc13. The quantitative estimate of drug-likeness (QED) is 0.892. The maximum atomic E-state index is 10.00. The van der Waals surface area contributed by atoms with Crippen molar-refractivity contribution in [3.63, 3.8) is 0 Å². The van der Waals surface area contributed by atoms with E-state index < -0.39 is 0 Å². The second-order valence-corrected chi connectivity index (χ2v) is 7.41. The standard InChI is InChI=1S/C19H27NO/c1-2-10-20-11-9-19-8-4-3-5-16(19)18(20)12-14-6-7-15(21)13-17(14)19/h6-7,13,16,18,21H,2-5,8-12H2,1H3/t16-,18-,19-/m0/s1. The molecule has 2 nitrogen and oxygen atoms in total. The van der Waals surface area contributed by atoms with Crippen LogP contribution in [0.3, 0.4) is 0 Å². The van der Waals surface area contributed by atoms with Gasteiger partial charge in [-0.1, -0.05) is 25.8 Å². The van der Waals surface area contributed by atoms with E-state index in [1.807, 2.05) is 6.07 Å². The lowest BCUT2D eigenvalue weighted by atomic mass is 9.52. The molecule has 2 aliphatic carbocycles. The van der Waals surface area contributed by atoms with Crippen molar-refractivity contribution < 1.29 is 5.11 Å². The molecule has 0 radical (unpaired) electrons. The lowest BCUT2D eigenvalue weighted by molar-refractivity contribution is -0.0111. The third-order valence-corrected chi connectivity index (χ3v) is 6.45. The number of hydrogen-bond donors (Lipinski definition) is 1. The first kappa shape index (κ1) is 13.6. The van der Waals surface area contributed by atoms with E-state index in [0.717, 1.165) is 12.0 Å². The highest BCUT2D eigenvalue weighted by Gasteiger charge is 2.53. The molecule has 114 valence electrons. The first-order valence-corrected chi connectivity index (χ1v) is 8.81. The molecule has 1 aromatic carbocycles. The van der Waals surface area contributed by atoms with Crippen molar-refractivity contribution in [3.8, 4) is 5.75 Å². The highest BCUT2D eigenvalue weighted by Crippen LogP contribution is 2.56. The molecule has 0 spiro atoms. The third-order valence-electron chi connectivity index (χ3n) is 6.45. The van der Waals surface area contributed by atoms with Crippen LogP contribution in [-0.2, 0) is 11.8 Å². The monoisotopic (exact) mass is 285 g/mol. The Morgan fingerprint density at radius 2 is 2.19 bits per heavy atom. The van der Waals surface area contributed by atoms with Crippen LogP contribution in [0.4, 0.5) is 0 Å². The molecule has 0 aromatic heterocycles. The average Bonchev–Trinajstić information content (AvgIpc) is 2.51. The van der Waals surface area contributed by atoms with Crippen molar-refractivity contribution >= 4 is 0 Å². The number of phenolic OH excluding ortho intramolecular Hbond substituents is 1. The van der Waals surface area contributed by atoms with Gasteiger partial charge in [0.25, 0.3) is 0 Å². The Hall–Kier alpha value is -1.02. The van der Waals surface area contributed by atoms with Gasteiger partial charge < -0.3 is 5.11 Å². The van der Waals surface area contributed by atoms with Crippen LogP contribution >= 0.6 is 0 Å². The Balaban J connectivity index is 1.81. The van der Waals surface area contributed by atoms with Gasteiger partial charge in [0.05, 0.1) is 0 Å². The van der Waals surface area contributed by atoms with Crippen molar-refractivity contribution in [1.82, 2.24) is 4.90 Å². The van der Waals surface area contributed by atoms with E-state index >= 15 is 0 Å². The number of piperidine rings is 1. The van der Waals surface area contributed by atoms with Crippen molar-refractivity contribution in [1.29, 1.82) is 0 Å². The molecule has 1 saturated carbocycles. The van der Waals surface area contributed by atoms with Crippen LogP contribution in [0.2, 0.25) is 0 Å². The van der Waals surface area contributed by atoms with E-state index in [4.69, 9.17) is 0 Å². The number of likely N-dealkylation sites (tertiary alicyclic amines) is 1. The fourth-order valence-electron chi connectivity index (χ4n) is 5.64. The van der Waals surface area contributed by atoms with Crippen LogP contribution in [-0.4, -0.2) is 29.1 Å². The molecule has 1 saturated heterocycles. The Bertz CT molecular complexity index is 540. The smallest absolute Gasteiger partial charge is 0.115 e. The van der Waals surface area contributed by atoms with Gasteiger partial charge in [-0.25, -0.2) is 0 Å². The third kappa shape index (κ3) is 1.95. The topological polar surface area (TPSA) is 23.5 Å². The van der Waals surface area contributed by atoms with Crippen LogP contribution < -0.4 is 0 Å². The summed E-state index contributed by atoms with van der Waals surface area (Å²) in [5, 5.41) is 10.00. The summed E-state index contributed by atoms with van der Waals surface area (Å²) < 4.78 is 0. The molecule has 3 aliphatic rings. The van der Waals surface area contributed by atoms with Gasteiger partial charge in [0.1, 0.15) is 5.75 Å². The van der Waals surface area contributed by atoms with Crippen molar-refractivity contribution in [2.24, 2.45) is 5.92 Å². The Labute approximate surface area is 128 Å². The fourth-order valence-corrected chi connectivity index (χ4v) is 5.64. The fraction of sp³-hybridized carbons (Fsp3) is 0.684. The van der Waals surface area contributed by atoms with Crippen LogP contribution in [0.25, 0.3) is 0 Å². The summed E-state index contributed by atoms with van der Waals surface area (Å²) in [7, 11) is 0. The van der Waals surface area contributed by atoms with E-state index in [2.05, 4.69) is 24.0 Å². The average molecular weight is 285 g/mol. The lowest BCUT2D eigenvalue weighted by Crippen LogP contribution is -2.60. The van der Waals surface area contributed by atoms with Gasteiger partial charge in [0, 0.05) is 11.5 Å². The van der Waals surface area contributed by atoms with Crippen LogP contribution in [0.15, 0.2) is 18.2 Å². The number of benzene rings is 1. The van der Waals surface area contributed by atoms with Gasteiger partial charge in [0.2, 0.25) is 0 Å². The molecule has 21 heavy (non-hydrogen) atoms. The second kappa shape index (κ2) is 5.01. The summed E-state index contributed by atoms with van der Waals surface area (Å²) in [5.74, 6) is 1.28.